The lowest BCUT2D eigenvalue weighted by molar-refractivity contribution is 0.103. The summed E-state index contributed by atoms with van der Waals surface area (Å²) < 4.78 is 5.62. The van der Waals surface area contributed by atoms with Crippen LogP contribution in [-0.2, 0) is 0 Å². The van der Waals surface area contributed by atoms with Gasteiger partial charge in [0, 0.05) is 16.5 Å². The van der Waals surface area contributed by atoms with Gasteiger partial charge in [0.2, 0.25) is 11.6 Å². The van der Waals surface area contributed by atoms with Crippen molar-refractivity contribution >= 4 is 16.7 Å². The molecule has 4 nitrogen and oxygen atoms in total. The zero-order valence-electron chi connectivity index (χ0n) is 20.0. The van der Waals surface area contributed by atoms with Crippen LogP contribution in [0.4, 0.5) is 0 Å². The van der Waals surface area contributed by atoms with Crippen molar-refractivity contribution in [3.8, 4) is 29.4 Å². The largest absolute Gasteiger partial charge is 0.481 e. The van der Waals surface area contributed by atoms with Gasteiger partial charge in [-0.25, -0.2) is 9.97 Å². The fourth-order valence-corrected chi connectivity index (χ4v) is 3.82. The number of nitrogens with zero attached hydrogens (tertiary/aromatic N) is 2. The van der Waals surface area contributed by atoms with Crippen molar-refractivity contribution in [1.29, 1.82) is 0 Å². The van der Waals surface area contributed by atoms with E-state index in [2.05, 4.69) is 50.7 Å². The van der Waals surface area contributed by atoms with Gasteiger partial charge in [0.15, 0.2) is 0 Å². The molecule has 4 aromatic rings. The van der Waals surface area contributed by atoms with Crippen molar-refractivity contribution in [3.63, 3.8) is 0 Å². The molecule has 0 unspecified atom stereocenters. The summed E-state index contributed by atoms with van der Waals surface area (Å²) in [6.07, 6.45) is 5.35. The normalized spacial score (nSPS) is 11.1. The number of hydrogen-bond donors (Lipinski definition) is 0. The van der Waals surface area contributed by atoms with Crippen LogP contribution in [0.15, 0.2) is 66.7 Å². The zero-order valence-corrected chi connectivity index (χ0v) is 20.0. The van der Waals surface area contributed by atoms with Crippen LogP contribution in [0.5, 0.6) is 5.75 Å². The Morgan fingerprint density at radius 2 is 1.50 bits per heavy atom. The summed E-state index contributed by atoms with van der Waals surface area (Å²) in [7, 11) is 0. The Labute approximate surface area is 201 Å². The first-order valence-corrected chi connectivity index (χ1v) is 11.5. The SMILES string of the molecule is C#CCOc1ccc2nc(C(=O)c3ccc(C(C)C)cc3)nc(-c3ccc(C(C)C)cc3)c2c1. The summed E-state index contributed by atoms with van der Waals surface area (Å²) >= 11 is 0. The topological polar surface area (TPSA) is 52.1 Å². The van der Waals surface area contributed by atoms with Gasteiger partial charge in [0.1, 0.15) is 12.4 Å². The molecule has 0 aliphatic rings. The molecule has 0 bridgehead atoms. The molecule has 0 saturated heterocycles. The van der Waals surface area contributed by atoms with Crippen molar-refractivity contribution in [3.05, 3.63) is 89.2 Å². The van der Waals surface area contributed by atoms with E-state index < -0.39 is 0 Å². The van der Waals surface area contributed by atoms with Gasteiger partial charge in [0.05, 0.1) is 11.2 Å². The van der Waals surface area contributed by atoms with E-state index in [0.29, 0.717) is 34.4 Å². The summed E-state index contributed by atoms with van der Waals surface area (Å²) in [6, 6.07) is 21.5. The second-order valence-electron chi connectivity index (χ2n) is 8.95. The highest BCUT2D eigenvalue weighted by atomic mass is 16.5. The molecule has 170 valence electrons. The first-order valence-electron chi connectivity index (χ1n) is 11.5. The summed E-state index contributed by atoms with van der Waals surface area (Å²) in [5.41, 5.74) is 5.26. The summed E-state index contributed by atoms with van der Waals surface area (Å²) in [4.78, 5) is 22.7. The van der Waals surface area contributed by atoms with Gasteiger partial charge in [-0.2, -0.15) is 0 Å². The highest BCUT2D eigenvalue weighted by Crippen LogP contribution is 2.31. The van der Waals surface area contributed by atoms with E-state index in [1.54, 1.807) is 0 Å². The van der Waals surface area contributed by atoms with E-state index >= 15 is 0 Å². The van der Waals surface area contributed by atoms with Crippen LogP contribution < -0.4 is 4.74 Å². The van der Waals surface area contributed by atoms with Gasteiger partial charge in [-0.3, -0.25) is 4.79 Å². The second-order valence-corrected chi connectivity index (χ2v) is 8.95. The van der Waals surface area contributed by atoms with Gasteiger partial charge < -0.3 is 4.74 Å². The average molecular weight is 449 g/mol. The predicted molar refractivity (Wildman–Crippen MR) is 137 cm³/mol. The van der Waals surface area contributed by atoms with Crippen molar-refractivity contribution in [1.82, 2.24) is 9.97 Å². The Morgan fingerprint density at radius 3 is 2.09 bits per heavy atom. The fourth-order valence-electron chi connectivity index (χ4n) is 3.82. The van der Waals surface area contributed by atoms with Crippen LogP contribution >= 0.6 is 0 Å². The van der Waals surface area contributed by atoms with E-state index in [9.17, 15) is 4.79 Å². The third-order valence-corrected chi connectivity index (χ3v) is 5.88. The van der Waals surface area contributed by atoms with Gasteiger partial charge in [0.25, 0.3) is 0 Å². The molecule has 0 atom stereocenters. The molecule has 34 heavy (non-hydrogen) atoms. The van der Waals surface area contributed by atoms with Crippen molar-refractivity contribution in [2.24, 2.45) is 0 Å². The van der Waals surface area contributed by atoms with Crippen LogP contribution in [0.3, 0.4) is 0 Å². The second kappa shape index (κ2) is 9.89. The molecule has 0 fully saturated rings. The third-order valence-electron chi connectivity index (χ3n) is 5.88. The minimum Gasteiger partial charge on any atom is -0.481 e. The van der Waals surface area contributed by atoms with Crippen LogP contribution in [0.1, 0.15) is 66.8 Å². The number of carbonyl (C=O) groups is 1. The molecule has 0 spiro atoms. The maximum atomic E-state index is 13.3. The maximum Gasteiger partial charge on any atom is 0.230 e. The minimum atomic E-state index is -0.204. The minimum absolute atomic E-state index is 0.171. The van der Waals surface area contributed by atoms with Gasteiger partial charge >= 0.3 is 0 Å². The van der Waals surface area contributed by atoms with E-state index in [0.717, 1.165) is 10.9 Å². The number of carbonyl (C=O) groups excluding carboxylic acids is 1. The van der Waals surface area contributed by atoms with Gasteiger partial charge in [-0.05, 0) is 41.2 Å². The van der Waals surface area contributed by atoms with Crippen LogP contribution in [0.2, 0.25) is 0 Å². The molecule has 0 aliphatic heterocycles. The quantitative estimate of drug-likeness (QED) is 0.231. The number of hydrogen-bond acceptors (Lipinski definition) is 4. The van der Waals surface area contributed by atoms with Crippen molar-refractivity contribution in [2.75, 3.05) is 6.61 Å². The first-order chi connectivity index (χ1) is 16.4. The Kier molecular flexibility index (Phi) is 6.75. The molecule has 1 aromatic heterocycles. The zero-order chi connectivity index (χ0) is 24.2. The molecule has 3 aromatic carbocycles. The number of ether oxygens (including phenoxy) is 1. The van der Waals surface area contributed by atoms with E-state index in [4.69, 9.17) is 16.1 Å². The first kappa shape index (κ1) is 23.2. The van der Waals surface area contributed by atoms with E-state index in [-0.39, 0.29) is 18.2 Å². The smallest absolute Gasteiger partial charge is 0.230 e. The summed E-state index contributed by atoms with van der Waals surface area (Å²) in [6.45, 7) is 8.74. The number of benzene rings is 3. The lowest BCUT2D eigenvalue weighted by Crippen LogP contribution is -2.09. The number of fused-ring (bicyclic) bond motifs is 1. The monoisotopic (exact) mass is 448 g/mol. The molecule has 4 rings (SSSR count). The molecule has 0 amide bonds. The van der Waals surface area contributed by atoms with Crippen LogP contribution in [-0.4, -0.2) is 22.4 Å². The highest BCUT2D eigenvalue weighted by Gasteiger charge is 2.18. The Hall–Kier alpha value is -3.97. The van der Waals surface area contributed by atoms with Crippen LogP contribution in [0.25, 0.3) is 22.2 Å². The number of rotatable bonds is 7. The van der Waals surface area contributed by atoms with Crippen molar-refractivity contribution < 1.29 is 9.53 Å². The molecule has 4 heteroatoms. The molecular weight excluding hydrogens is 420 g/mol. The number of aromatic nitrogens is 2. The Balaban J connectivity index is 1.83. The Morgan fingerprint density at radius 1 is 0.882 bits per heavy atom. The van der Waals surface area contributed by atoms with E-state index in [1.165, 1.54) is 11.1 Å². The third kappa shape index (κ3) is 4.84. The van der Waals surface area contributed by atoms with E-state index in [1.807, 2.05) is 54.6 Å². The lowest BCUT2D eigenvalue weighted by atomic mass is 9.98. The fraction of sp³-hybridized carbons (Fsp3) is 0.233. The molecule has 1 heterocycles. The standard InChI is InChI=1S/C30H28N2O2/c1-6-17-34-25-15-16-27-26(18-25)28(23-11-7-21(8-12-23)19(2)3)32-30(31-27)29(33)24-13-9-22(10-14-24)20(4)5/h1,7-16,18-20H,17H2,2-5H3. The molecule has 0 saturated carbocycles. The molecule has 0 radical (unpaired) electrons. The highest BCUT2D eigenvalue weighted by molar-refractivity contribution is 6.08. The number of ketones is 1. The maximum absolute atomic E-state index is 13.3. The lowest BCUT2D eigenvalue weighted by Gasteiger charge is -2.12. The average Bonchev–Trinajstić information content (AvgIpc) is 2.86. The summed E-state index contributed by atoms with van der Waals surface area (Å²) in [5.74, 6) is 3.90. The molecular formula is C30H28N2O2. The molecule has 0 N–H and O–H groups in total. The molecule has 0 aliphatic carbocycles. The van der Waals surface area contributed by atoms with Gasteiger partial charge in [-0.1, -0.05) is 82.1 Å². The van der Waals surface area contributed by atoms with Crippen LogP contribution in [0, 0.1) is 12.3 Å². The summed E-state index contributed by atoms with van der Waals surface area (Å²) in [5, 5.41) is 0.804. The Bertz CT molecular complexity index is 1360. The van der Waals surface area contributed by atoms with Crippen molar-refractivity contribution in [2.45, 2.75) is 39.5 Å². The number of terminal acetylenes is 1. The predicted octanol–water partition coefficient (Wildman–Crippen LogP) is 6.79. The van der Waals surface area contributed by atoms with Gasteiger partial charge in [-0.15, -0.1) is 6.42 Å².